The number of carbonyl (C=O) groups excluding carboxylic acids is 1. The van der Waals surface area contributed by atoms with E-state index in [4.69, 9.17) is 9.15 Å². The Hall–Kier alpha value is -2.84. The summed E-state index contributed by atoms with van der Waals surface area (Å²) < 4.78 is 11.0. The van der Waals surface area contributed by atoms with Gasteiger partial charge in [0.15, 0.2) is 5.58 Å². The van der Waals surface area contributed by atoms with Gasteiger partial charge in [0.2, 0.25) is 0 Å². The van der Waals surface area contributed by atoms with Crippen LogP contribution in [0.1, 0.15) is 33.6 Å². The zero-order valence-electron chi connectivity index (χ0n) is 15.7. The van der Waals surface area contributed by atoms with Gasteiger partial charge >= 0.3 is 6.09 Å². The first kappa shape index (κ1) is 18.9. The molecular weight excluding hydrogens is 352 g/mol. The van der Waals surface area contributed by atoms with E-state index in [-0.39, 0.29) is 11.6 Å². The van der Waals surface area contributed by atoms with Gasteiger partial charge in [-0.2, -0.15) is 4.98 Å². The van der Waals surface area contributed by atoms with E-state index in [0.29, 0.717) is 30.2 Å². The fourth-order valence-electron chi connectivity index (χ4n) is 3.10. The van der Waals surface area contributed by atoms with Crippen molar-refractivity contribution in [1.29, 1.82) is 0 Å². The van der Waals surface area contributed by atoms with Crippen LogP contribution in [0.3, 0.4) is 0 Å². The van der Waals surface area contributed by atoms with E-state index < -0.39 is 16.6 Å². The van der Waals surface area contributed by atoms with Gasteiger partial charge in [0.05, 0.1) is 4.92 Å². The minimum Gasteiger partial charge on any atom is -0.444 e. The summed E-state index contributed by atoms with van der Waals surface area (Å²) in [5.41, 5.74) is 0.446. The number of nitrogens with one attached hydrogen (secondary N) is 1. The van der Waals surface area contributed by atoms with E-state index in [1.54, 1.807) is 6.07 Å². The van der Waals surface area contributed by atoms with Crippen molar-refractivity contribution in [3.05, 3.63) is 28.3 Å². The second kappa shape index (κ2) is 7.42. The summed E-state index contributed by atoms with van der Waals surface area (Å²) in [6.45, 7) is 7.46. The molecule has 146 valence electrons. The molecule has 2 aromatic rings. The molecule has 1 N–H and O–H groups in total. The van der Waals surface area contributed by atoms with Crippen molar-refractivity contribution in [3.63, 3.8) is 0 Å². The molecule has 1 fully saturated rings. The molecule has 0 bridgehead atoms. The largest absolute Gasteiger partial charge is 0.444 e. The maximum Gasteiger partial charge on any atom is 0.407 e. The molecule has 27 heavy (non-hydrogen) atoms. The average molecular weight is 376 g/mol. The first-order valence-corrected chi connectivity index (χ1v) is 8.98. The van der Waals surface area contributed by atoms with Crippen molar-refractivity contribution in [3.8, 4) is 0 Å². The van der Waals surface area contributed by atoms with Crippen LogP contribution in [0, 0.1) is 16.0 Å². The van der Waals surface area contributed by atoms with Crippen LogP contribution < -0.4 is 10.2 Å². The second-order valence-electron chi connectivity index (χ2n) is 7.74. The number of amides is 1. The number of oxazole rings is 1. The number of nitro groups is 1. The van der Waals surface area contributed by atoms with Crippen LogP contribution >= 0.6 is 0 Å². The van der Waals surface area contributed by atoms with Gasteiger partial charge in [0, 0.05) is 31.8 Å². The molecule has 9 heteroatoms. The lowest BCUT2D eigenvalue weighted by Crippen LogP contribution is -2.42. The lowest BCUT2D eigenvalue weighted by atomic mass is 9.98. The van der Waals surface area contributed by atoms with Crippen LogP contribution in [-0.2, 0) is 4.74 Å². The highest BCUT2D eigenvalue weighted by molar-refractivity contribution is 5.77. The highest BCUT2D eigenvalue weighted by atomic mass is 16.6. The number of hydrogen-bond acceptors (Lipinski definition) is 7. The topological polar surface area (TPSA) is 111 Å². The van der Waals surface area contributed by atoms with Gasteiger partial charge in [-0.25, -0.2) is 4.79 Å². The highest BCUT2D eigenvalue weighted by Gasteiger charge is 2.25. The molecule has 0 aliphatic carbocycles. The fraction of sp³-hybridized carbons (Fsp3) is 0.556. The number of aromatic nitrogens is 1. The van der Waals surface area contributed by atoms with Crippen LogP contribution in [-0.4, -0.2) is 41.2 Å². The zero-order chi connectivity index (χ0) is 19.6. The van der Waals surface area contributed by atoms with Crippen LogP contribution in [0.25, 0.3) is 11.1 Å². The van der Waals surface area contributed by atoms with Crippen LogP contribution in [0.15, 0.2) is 22.6 Å². The summed E-state index contributed by atoms with van der Waals surface area (Å²) in [6, 6.07) is 4.83. The normalized spacial score (nSPS) is 17.7. The lowest BCUT2D eigenvalue weighted by molar-refractivity contribution is -0.384. The summed E-state index contributed by atoms with van der Waals surface area (Å²) in [5.74, 6) is 0.246. The third-order valence-electron chi connectivity index (χ3n) is 4.29. The number of nitrogens with zero attached hydrogens (tertiary/aromatic N) is 3. The molecule has 1 amide bonds. The van der Waals surface area contributed by atoms with Crippen molar-refractivity contribution >= 4 is 28.9 Å². The summed E-state index contributed by atoms with van der Waals surface area (Å²) >= 11 is 0. The number of ether oxygens (including phenoxy) is 1. The Labute approximate surface area is 156 Å². The molecule has 0 radical (unpaired) electrons. The van der Waals surface area contributed by atoms with Crippen LogP contribution in [0.5, 0.6) is 0 Å². The van der Waals surface area contributed by atoms with Gasteiger partial charge in [-0.3, -0.25) is 10.1 Å². The minimum absolute atomic E-state index is 0.0135. The van der Waals surface area contributed by atoms with Crippen molar-refractivity contribution < 1.29 is 18.9 Å². The number of piperidine rings is 1. The number of rotatable bonds is 4. The maximum absolute atomic E-state index is 11.8. The molecule has 3 rings (SSSR count). The Kier molecular flexibility index (Phi) is 5.20. The van der Waals surface area contributed by atoms with E-state index in [2.05, 4.69) is 10.3 Å². The predicted molar refractivity (Wildman–Crippen MR) is 99.8 cm³/mol. The standard InChI is InChI=1S/C18H24N4O5/c1-18(2,3)27-17(23)19-10-12-5-4-8-21(11-12)16-20-14-9-13(22(24)25)6-7-15(14)26-16/h6-7,9,12H,4-5,8,10-11H2,1-3H3,(H,19,23)/t12-/m0/s1. The number of anilines is 1. The van der Waals surface area contributed by atoms with Gasteiger partial charge in [0.25, 0.3) is 11.7 Å². The van der Waals surface area contributed by atoms with Crippen molar-refractivity contribution in [2.45, 2.75) is 39.2 Å². The molecule has 2 heterocycles. The lowest BCUT2D eigenvalue weighted by Gasteiger charge is -2.31. The quantitative estimate of drug-likeness (QED) is 0.642. The van der Waals surface area contributed by atoms with Gasteiger partial charge in [-0.1, -0.05) is 0 Å². The molecular formula is C18H24N4O5. The van der Waals surface area contributed by atoms with E-state index >= 15 is 0 Å². The first-order chi connectivity index (χ1) is 12.7. The smallest absolute Gasteiger partial charge is 0.407 e. The molecule has 1 aliphatic rings. The third kappa shape index (κ3) is 4.87. The summed E-state index contributed by atoms with van der Waals surface area (Å²) in [7, 11) is 0. The van der Waals surface area contributed by atoms with Gasteiger partial charge in [-0.05, 0) is 45.6 Å². The number of alkyl carbamates (subject to hydrolysis) is 1. The Morgan fingerprint density at radius 1 is 1.48 bits per heavy atom. The Bertz CT molecular complexity index is 842. The summed E-state index contributed by atoms with van der Waals surface area (Å²) in [5, 5.41) is 13.7. The van der Waals surface area contributed by atoms with E-state index in [9.17, 15) is 14.9 Å². The molecule has 1 saturated heterocycles. The van der Waals surface area contributed by atoms with Crippen molar-refractivity contribution in [2.75, 3.05) is 24.5 Å². The van der Waals surface area contributed by atoms with Gasteiger partial charge in [-0.15, -0.1) is 0 Å². The number of fused-ring (bicyclic) bond motifs is 1. The number of non-ortho nitro benzene ring substituents is 1. The van der Waals surface area contributed by atoms with Gasteiger partial charge < -0.3 is 19.4 Å². The molecule has 0 unspecified atom stereocenters. The van der Waals surface area contributed by atoms with E-state index in [1.165, 1.54) is 12.1 Å². The molecule has 1 atom stereocenters. The average Bonchev–Trinajstić information content (AvgIpc) is 3.02. The zero-order valence-corrected chi connectivity index (χ0v) is 15.7. The van der Waals surface area contributed by atoms with Gasteiger partial charge in [0.1, 0.15) is 11.1 Å². The SMILES string of the molecule is CC(C)(C)OC(=O)NC[C@@H]1CCCN(c2nc3cc([N+](=O)[O-])ccc3o2)C1. The van der Waals surface area contributed by atoms with E-state index in [1.807, 2.05) is 25.7 Å². The Balaban J connectivity index is 1.63. The van der Waals surface area contributed by atoms with Crippen molar-refractivity contribution in [1.82, 2.24) is 10.3 Å². The number of hydrogen-bond donors (Lipinski definition) is 1. The summed E-state index contributed by atoms with van der Waals surface area (Å²) in [6.07, 6.45) is 1.51. The maximum atomic E-state index is 11.8. The molecule has 0 saturated carbocycles. The monoisotopic (exact) mass is 376 g/mol. The molecule has 0 spiro atoms. The third-order valence-corrected chi connectivity index (χ3v) is 4.29. The molecule has 1 aliphatic heterocycles. The molecule has 9 nitrogen and oxygen atoms in total. The van der Waals surface area contributed by atoms with Crippen LogP contribution in [0.2, 0.25) is 0 Å². The Morgan fingerprint density at radius 3 is 2.96 bits per heavy atom. The van der Waals surface area contributed by atoms with Crippen molar-refractivity contribution in [2.24, 2.45) is 5.92 Å². The highest BCUT2D eigenvalue weighted by Crippen LogP contribution is 2.28. The molecule has 1 aromatic carbocycles. The Morgan fingerprint density at radius 2 is 2.26 bits per heavy atom. The number of benzene rings is 1. The number of nitro benzene ring substituents is 1. The number of carbonyl (C=O) groups is 1. The molecule has 1 aromatic heterocycles. The second-order valence-corrected chi connectivity index (χ2v) is 7.74. The first-order valence-electron chi connectivity index (χ1n) is 8.98. The van der Waals surface area contributed by atoms with E-state index in [0.717, 1.165) is 19.4 Å². The fourth-order valence-corrected chi connectivity index (χ4v) is 3.10. The minimum atomic E-state index is -0.524. The predicted octanol–water partition coefficient (Wildman–Crippen LogP) is 3.48. The summed E-state index contributed by atoms with van der Waals surface area (Å²) in [4.78, 5) is 28.7. The van der Waals surface area contributed by atoms with Crippen LogP contribution in [0.4, 0.5) is 16.5 Å².